The second-order valence-electron chi connectivity index (χ2n) is 4.80. The predicted octanol–water partition coefficient (Wildman–Crippen LogP) is 1.47. The number of urea groups is 1. The smallest absolute Gasteiger partial charge is 0.315 e. The van der Waals surface area contributed by atoms with Gasteiger partial charge in [-0.1, -0.05) is 19.3 Å². The number of amides is 3. The molecule has 0 unspecified atom stereocenters. The first kappa shape index (κ1) is 15.8. The van der Waals surface area contributed by atoms with Crippen LogP contribution >= 0.6 is 0 Å². The fraction of sp³-hybridized carbons (Fsp3) is 0.846. The molecule has 1 fully saturated rings. The fourth-order valence-corrected chi connectivity index (χ4v) is 2.14. The van der Waals surface area contributed by atoms with Crippen molar-refractivity contribution < 1.29 is 14.4 Å². The number of hydrogen-bond acceptors (Lipinski definition) is 3. The van der Waals surface area contributed by atoms with Crippen molar-refractivity contribution in [1.29, 1.82) is 0 Å². The highest BCUT2D eigenvalue weighted by Crippen LogP contribution is 2.16. The van der Waals surface area contributed by atoms with Gasteiger partial charge in [0.1, 0.15) is 0 Å². The van der Waals surface area contributed by atoms with Gasteiger partial charge in [0.25, 0.3) is 0 Å². The Bertz CT molecular complexity index is 278. The molecule has 6 nitrogen and oxygen atoms in total. The molecule has 0 aromatic carbocycles. The average Bonchev–Trinajstić information content (AvgIpc) is 2.42. The summed E-state index contributed by atoms with van der Waals surface area (Å²) < 4.78 is 0. The van der Waals surface area contributed by atoms with E-state index in [0.717, 1.165) is 12.8 Å². The second kappa shape index (κ2) is 9.61. The maximum Gasteiger partial charge on any atom is 0.315 e. The Kier molecular flexibility index (Phi) is 7.97. The molecular weight excluding hydrogens is 246 g/mol. The minimum atomic E-state index is -0.156. The minimum Gasteiger partial charge on any atom is -0.338 e. The van der Waals surface area contributed by atoms with Crippen LogP contribution in [0.15, 0.2) is 0 Å². The zero-order valence-corrected chi connectivity index (χ0v) is 11.7. The van der Waals surface area contributed by atoms with E-state index < -0.39 is 0 Å². The molecule has 1 aliphatic carbocycles. The van der Waals surface area contributed by atoms with Gasteiger partial charge in [-0.05, 0) is 26.2 Å². The van der Waals surface area contributed by atoms with E-state index in [0.29, 0.717) is 32.0 Å². The quantitative estimate of drug-likeness (QED) is 0.484. The topological polar surface area (TPSA) is 79.5 Å². The molecule has 0 spiro atoms. The summed E-state index contributed by atoms with van der Waals surface area (Å²) in [6, 6.07) is 0.187. The van der Waals surface area contributed by atoms with E-state index in [1.807, 2.05) is 0 Å². The molecule has 0 aliphatic heterocycles. The molecule has 1 saturated carbocycles. The van der Waals surface area contributed by atoms with Crippen molar-refractivity contribution in [2.75, 3.05) is 13.2 Å². The molecule has 0 radical (unpaired) electrons. The summed E-state index contributed by atoms with van der Waals surface area (Å²) in [5.74, 6) is -0.156. The summed E-state index contributed by atoms with van der Waals surface area (Å²) in [4.78, 5) is 27.6. The first-order valence-electron chi connectivity index (χ1n) is 7.17. The van der Waals surface area contributed by atoms with Crippen molar-refractivity contribution in [1.82, 2.24) is 16.1 Å². The molecule has 0 aromatic rings. The van der Waals surface area contributed by atoms with Gasteiger partial charge in [0.15, 0.2) is 0 Å². The van der Waals surface area contributed by atoms with Crippen LogP contribution in [0.4, 0.5) is 4.79 Å². The summed E-state index contributed by atoms with van der Waals surface area (Å²) >= 11 is 0. The number of carbonyl (C=O) groups excluding carboxylic acids is 2. The number of carbonyl (C=O) groups is 2. The first-order valence-corrected chi connectivity index (χ1v) is 7.17. The van der Waals surface area contributed by atoms with Gasteiger partial charge in [0.05, 0.1) is 6.61 Å². The van der Waals surface area contributed by atoms with Crippen LogP contribution in [0.1, 0.15) is 51.9 Å². The number of hydrogen-bond donors (Lipinski definition) is 3. The lowest BCUT2D eigenvalue weighted by molar-refractivity contribution is -0.133. The van der Waals surface area contributed by atoms with Crippen LogP contribution in [0.25, 0.3) is 0 Å². The fourth-order valence-electron chi connectivity index (χ4n) is 2.14. The molecule has 0 atom stereocenters. The van der Waals surface area contributed by atoms with Crippen molar-refractivity contribution in [2.45, 2.75) is 57.9 Å². The summed E-state index contributed by atoms with van der Waals surface area (Å²) in [6.45, 7) is 2.75. The molecule has 0 aromatic heterocycles. The largest absolute Gasteiger partial charge is 0.338 e. The molecule has 0 saturated heterocycles. The van der Waals surface area contributed by atoms with E-state index in [2.05, 4.69) is 16.1 Å². The van der Waals surface area contributed by atoms with E-state index in [-0.39, 0.29) is 11.9 Å². The van der Waals surface area contributed by atoms with Gasteiger partial charge in [0, 0.05) is 19.0 Å². The second-order valence-corrected chi connectivity index (χ2v) is 4.80. The zero-order valence-electron chi connectivity index (χ0n) is 11.7. The van der Waals surface area contributed by atoms with Gasteiger partial charge in [0.2, 0.25) is 5.91 Å². The zero-order chi connectivity index (χ0) is 13.9. The van der Waals surface area contributed by atoms with Crippen molar-refractivity contribution in [2.24, 2.45) is 0 Å². The molecular formula is C13H25N3O3. The lowest BCUT2D eigenvalue weighted by Crippen LogP contribution is -2.43. The summed E-state index contributed by atoms with van der Waals surface area (Å²) in [5, 5.41) is 5.74. The van der Waals surface area contributed by atoms with Gasteiger partial charge in [-0.15, -0.1) is 0 Å². The van der Waals surface area contributed by atoms with Crippen molar-refractivity contribution in [3.05, 3.63) is 0 Å². The van der Waals surface area contributed by atoms with Gasteiger partial charge in [-0.3, -0.25) is 9.63 Å². The van der Waals surface area contributed by atoms with E-state index in [9.17, 15) is 9.59 Å². The molecule has 19 heavy (non-hydrogen) atoms. The molecule has 3 amide bonds. The molecule has 6 heteroatoms. The number of rotatable bonds is 7. The molecule has 0 bridgehead atoms. The van der Waals surface area contributed by atoms with E-state index >= 15 is 0 Å². The van der Waals surface area contributed by atoms with Crippen molar-refractivity contribution in [3.8, 4) is 0 Å². The minimum absolute atomic E-state index is 0.128. The van der Waals surface area contributed by atoms with Gasteiger partial charge in [-0.25, -0.2) is 10.3 Å². The monoisotopic (exact) mass is 271 g/mol. The Morgan fingerprint density at radius 2 is 1.95 bits per heavy atom. The number of hydroxylamine groups is 1. The van der Waals surface area contributed by atoms with Crippen LogP contribution in [0.2, 0.25) is 0 Å². The van der Waals surface area contributed by atoms with Crippen LogP contribution in [0.3, 0.4) is 0 Å². The maximum atomic E-state index is 11.6. The Labute approximate surface area is 114 Å². The van der Waals surface area contributed by atoms with E-state index in [1.165, 1.54) is 19.3 Å². The predicted molar refractivity (Wildman–Crippen MR) is 72.4 cm³/mol. The molecule has 3 N–H and O–H groups in total. The Balaban J connectivity index is 1.99. The highest BCUT2D eigenvalue weighted by molar-refractivity contribution is 5.75. The molecule has 1 aliphatic rings. The average molecular weight is 271 g/mol. The highest BCUT2D eigenvalue weighted by atomic mass is 16.6. The Morgan fingerprint density at radius 3 is 2.63 bits per heavy atom. The van der Waals surface area contributed by atoms with Gasteiger partial charge in [-0.2, -0.15) is 0 Å². The van der Waals surface area contributed by atoms with Crippen LogP contribution < -0.4 is 16.1 Å². The Hall–Kier alpha value is -1.30. The van der Waals surface area contributed by atoms with Crippen LogP contribution in [-0.2, 0) is 9.63 Å². The third-order valence-corrected chi connectivity index (χ3v) is 3.14. The van der Waals surface area contributed by atoms with Crippen molar-refractivity contribution >= 4 is 11.9 Å². The van der Waals surface area contributed by atoms with E-state index in [1.54, 1.807) is 6.92 Å². The standard InChI is InChI=1S/C13H25N3O3/c1-2-19-16-12(17)9-6-10-14-13(18)15-11-7-4-3-5-8-11/h11H,2-10H2,1H3,(H,16,17)(H2,14,15,18). The molecule has 0 heterocycles. The molecule has 1 rings (SSSR count). The Morgan fingerprint density at radius 1 is 1.21 bits per heavy atom. The van der Waals surface area contributed by atoms with Crippen LogP contribution in [0.5, 0.6) is 0 Å². The summed E-state index contributed by atoms with van der Waals surface area (Å²) in [7, 11) is 0. The van der Waals surface area contributed by atoms with E-state index in [4.69, 9.17) is 4.84 Å². The van der Waals surface area contributed by atoms with Gasteiger partial charge >= 0.3 is 6.03 Å². The van der Waals surface area contributed by atoms with Crippen molar-refractivity contribution in [3.63, 3.8) is 0 Å². The third-order valence-electron chi connectivity index (χ3n) is 3.14. The lowest BCUT2D eigenvalue weighted by atomic mass is 9.96. The normalized spacial score (nSPS) is 15.8. The van der Waals surface area contributed by atoms with Crippen LogP contribution in [0, 0.1) is 0 Å². The maximum absolute atomic E-state index is 11.6. The first-order chi connectivity index (χ1) is 9.22. The number of nitrogens with one attached hydrogen (secondary N) is 3. The summed E-state index contributed by atoms with van der Waals surface area (Å²) in [5.41, 5.74) is 2.32. The highest BCUT2D eigenvalue weighted by Gasteiger charge is 2.15. The molecule has 110 valence electrons. The van der Waals surface area contributed by atoms with Gasteiger partial charge < -0.3 is 10.6 Å². The third kappa shape index (κ3) is 7.66. The summed E-state index contributed by atoms with van der Waals surface area (Å²) in [6.07, 6.45) is 6.77. The van der Waals surface area contributed by atoms with Crippen LogP contribution in [-0.4, -0.2) is 31.1 Å². The SMILES string of the molecule is CCONC(=O)CCCNC(=O)NC1CCCCC1. The lowest BCUT2D eigenvalue weighted by Gasteiger charge is -2.22.